The summed E-state index contributed by atoms with van der Waals surface area (Å²) in [5, 5.41) is 15.7. The van der Waals surface area contributed by atoms with Crippen molar-refractivity contribution in [1.82, 2.24) is 26.6 Å². The fourth-order valence-corrected chi connectivity index (χ4v) is 10.4. The maximum Gasteiger partial charge on any atom is 0.471 e. The molecule has 0 aromatic rings. The molecule has 0 unspecified atom stereocenters. The number of nitrogens with zero attached hydrogens (tertiary/aromatic N) is 3. The smallest absolute Gasteiger partial charge is 0.379 e. The van der Waals surface area contributed by atoms with Gasteiger partial charge in [0, 0.05) is 43.8 Å². The van der Waals surface area contributed by atoms with Crippen molar-refractivity contribution in [3.8, 4) is 0 Å². The molecule has 92 heavy (non-hydrogen) atoms. The van der Waals surface area contributed by atoms with E-state index in [2.05, 4.69) is 26.0 Å². The van der Waals surface area contributed by atoms with Gasteiger partial charge in [0.2, 0.25) is 17.7 Å². The second-order valence-corrected chi connectivity index (χ2v) is 22.9. The van der Waals surface area contributed by atoms with Crippen molar-refractivity contribution in [2.75, 3.05) is 165 Å². The lowest BCUT2D eigenvalue weighted by Crippen LogP contribution is -2.66. The third-order valence-electron chi connectivity index (χ3n) is 14.6. The Kier molecular flexibility index (Phi) is 31.4. The van der Waals surface area contributed by atoms with Crippen LogP contribution in [0.4, 0.5) is 26.3 Å². The second kappa shape index (κ2) is 37.7. The summed E-state index contributed by atoms with van der Waals surface area (Å²) in [6.07, 6.45) is -14.2. The number of fused-ring (bicyclic) bond motifs is 8. The van der Waals surface area contributed by atoms with Gasteiger partial charge in [0.25, 0.3) is 0 Å². The second-order valence-electron chi connectivity index (χ2n) is 22.9. The Balaban J connectivity index is 0.721. The van der Waals surface area contributed by atoms with E-state index < -0.39 is 102 Å². The molecule has 37 heteroatoms. The van der Waals surface area contributed by atoms with Crippen molar-refractivity contribution < 1.29 is 136 Å². The summed E-state index contributed by atoms with van der Waals surface area (Å²) < 4.78 is 181. The standard InChI is InChI=1S/C55H88F6N8O23/c1-50(2)87-42-40(67-48(73)54(56,57)58)46-85-34-52(91-46,44(42)89-50)32-83-28-26-79-24-22-77-20-18-75-16-12-63-37(70)9-14-81-30-36(66-39(72)8-6-5-7-11-65-69-62)31-82-15-10-38(71)64-13-17-76-19-21-78-23-25-80-27-29-84-33-53-35-86-47(92-53)41(68-49(74)55(59,60)61)43-45(53)90-51(3,4)88-43/h36,40-47H,5-35H2,1-4H3,(H,63,70)(H,64,71)(H,66,72)(H,67,73)(H,68,74)/t40-,41-,42-,43-,44-,45-,46+,47+,52+,53+/m1/s1. The molecular formula is C55H88F6N8O23. The number of carbonyl (C=O) groups is 5. The number of hydrogen-bond donors (Lipinski definition) is 5. The number of carbonyl (C=O) groups excluding carboxylic acids is 5. The molecule has 6 saturated heterocycles. The number of hydrogen-bond acceptors (Lipinski definition) is 24. The van der Waals surface area contributed by atoms with E-state index in [-0.39, 0.29) is 195 Å². The number of azide groups is 1. The minimum Gasteiger partial charge on any atom is -0.379 e. The van der Waals surface area contributed by atoms with Crippen molar-refractivity contribution >= 4 is 29.5 Å². The lowest BCUT2D eigenvalue weighted by molar-refractivity contribution is -0.218. The Labute approximate surface area is 527 Å². The molecule has 6 fully saturated rings. The summed E-state index contributed by atoms with van der Waals surface area (Å²) in [6.45, 7) is 10.5. The number of unbranched alkanes of at least 4 members (excludes halogenated alkanes) is 2. The first-order valence-electron chi connectivity index (χ1n) is 30.5. The van der Waals surface area contributed by atoms with Gasteiger partial charge in [0.15, 0.2) is 24.2 Å². The van der Waals surface area contributed by atoms with Crippen molar-refractivity contribution in [2.45, 2.75) is 156 Å². The third-order valence-corrected chi connectivity index (χ3v) is 14.6. The first-order chi connectivity index (χ1) is 43.9. The predicted molar refractivity (Wildman–Crippen MR) is 299 cm³/mol. The van der Waals surface area contributed by atoms with E-state index in [4.69, 9.17) is 90.8 Å². The molecule has 5 N–H and O–H groups in total. The SMILES string of the molecule is CC1(C)O[C@@H]2[C@@H](NC(=O)C(F)(F)F)[C@H]3OC[C@](COCCOCCOCCOCCNC(=O)CCOCC(COCCC(=O)NCCOCCOCCOCCOC[C@@]45CO[C@@H](O4)[C@H](NC(=O)C(F)(F)F)[C@H]4OC(C)(C)O[C@H]45)NC(=O)CCCCCN=[N+]=[N-])(O3)[C@@H]2O1. The number of alkyl halides is 6. The van der Waals surface area contributed by atoms with Crippen LogP contribution in [0.2, 0.25) is 0 Å². The Hall–Kier alpha value is -4.48. The molecule has 0 aromatic carbocycles. The maximum absolute atomic E-state index is 13.0. The van der Waals surface area contributed by atoms with Gasteiger partial charge in [-0.1, -0.05) is 11.5 Å². The van der Waals surface area contributed by atoms with Gasteiger partial charge in [-0.05, 0) is 46.1 Å². The lowest BCUT2D eigenvalue weighted by atomic mass is 9.88. The van der Waals surface area contributed by atoms with Gasteiger partial charge in [-0.15, -0.1) is 0 Å². The van der Waals surface area contributed by atoms with Crippen molar-refractivity contribution in [1.29, 1.82) is 0 Å². The van der Waals surface area contributed by atoms with Gasteiger partial charge in [-0.2, -0.15) is 26.3 Å². The molecule has 6 aliphatic heterocycles. The van der Waals surface area contributed by atoms with Gasteiger partial charge in [-0.3, -0.25) is 24.0 Å². The van der Waals surface area contributed by atoms with E-state index in [9.17, 15) is 50.3 Å². The Morgan fingerprint density at radius 3 is 1.28 bits per heavy atom. The van der Waals surface area contributed by atoms with E-state index in [0.717, 1.165) is 0 Å². The van der Waals surface area contributed by atoms with Gasteiger partial charge in [-0.25, -0.2) is 0 Å². The van der Waals surface area contributed by atoms with Crippen molar-refractivity contribution in [3.05, 3.63) is 10.4 Å². The van der Waals surface area contributed by atoms with Crippen LogP contribution in [0, 0.1) is 0 Å². The summed E-state index contributed by atoms with van der Waals surface area (Å²) >= 11 is 0. The van der Waals surface area contributed by atoms with Crippen LogP contribution in [0.25, 0.3) is 10.4 Å². The number of halogens is 6. The molecule has 5 amide bonds. The highest BCUT2D eigenvalue weighted by atomic mass is 19.4. The molecule has 528 valence electrons. The van der Waals surface area contributed by atoms with E-state index >= 15 is 0 Å². The zero-order valence-corrected chi connectivity index (χ0v) is 52.1. The quantitative estimate of drug-likeness (QED) is 0.0186. The Bertz CT molecular complexity index is 2200. The summed E-state index contributed by atoms with van der Waals surface area (Å²) in [4.78, 5) is 63.9. The molecule has 6 aliphatic rings. The number of rotatable bonds is 47. The van der Waals surface area contributed by atoms with Crippen molar-refractivity contribution in [3.63, 3.8) is 0 Å². The molecule has 0 spiro atoms. The molecule has 10 atom stereocenters. The summed E-state index contributed by atoms with van der Waals surface area (Å²) in [7, 11) is 0. The molecule has 0 aromatic heterocycles. The van der Waals surface area contributed by atoms with Crippen LogP contribution >= 0.6 is 0 Å². The summed E-state index contributed by atoms with van der Waals surface area (Å²) in [5.74, 6) is -7.41. The monoisotopic (exact) mass is 1340 g/mol. The average Bonchev–Trinajstić information content (AvgIpc) is 1.57. The van der Waals surface area contributed by atoms with Crippen molar-refractivity contribution in [2.24, 2.45) is 5.11 Å². The van der Waals surface area contributed by atoms with Crippen LogP contribution in [0.5, 0.6) is 0 Å². The first kappa shape index (κ1) is 76.5. The van der Waals surface area contributed by atoms with Gasteiger partial charge in [0.05, 0.1) is 151 Å². The lowest BCUT2D eigenvalue weighted by Gasteiger charge is -2.42. The highest BCUT2D eigenvalue weighted by Gasteiger charge is 2.68. The zero-order valence-electron chi connectivity index (χ0n) is 52.1. The molecule has 0 aliphatic carbocycles. The molecule has 31 nitrogen and oxygen atoms in total. The summed E-state index contributed by atoms with van der Waals surface area (Å²) in [6, 6.07) is -3.10. The van der Waals surface area contributed by atoms with Crippen LogP contribution in [0.3, 0.4) is 0 Å². The zero-order chi connectivity index (χ0) is 66.7. The molecule has 6 heterocycles. The molecular weight excluding hydrogens is 1250 g/mol. The molecule has 0 radical (unpaired) electrons. The van der Waals surface area contributed by atoms with E-state index in [1.165, 1.54) is 0 Å². The minimum atomic E-state index is -5.11. The fraction of sp³-hybridized carbons (Fsp3) is 0.909. The van der Waals surface area contributed by atoms with Crippen LogP contribution < -0.4 is 26.6 Å². The molecule has 4 bridgehead atoms. The fourth-order valence-electron chi connectivity index (χ4n) is 10.4. The largest absolute Gasteiger partial charge is 0.471 e. The van der Waals surface area contributed by atoms with Gasteiger partial charge in [0.1, 0.15) is 47.7 Å². The molecule has 6 rings (SSSR count). The topological polar surface area (TPSA) is 360 Å². The van der Waals surface area contributed by atoms with E-state index in [1.54, 1.807) is 27.7 Å². The van der Waals surface area contributed by atoms with Crippen LogP contribution in [-0.4, -0.2) is 285 Å². The van der Waals surface area contributed by atoms with Gasteiger partial charge < -0.3 is 112 Å². The van der Waals surface area contributed by atoms with E-state index in [1.807, 2.05) is 10.6 Å². The van der Waals surface area contributed by atoms with E-state index in [0.29, 0.717) is 25.8 Å². The Morgan fingerprint density at radius 2 is 0.891 bits per heavy atom. The first-order valence-corrected chi connectivity index (χ1v) is 30.5. The van der Waals surface area contributed by atoms with Gasteiger partial charge >= 0.3 is 24.2 Å². The van der Waals surface area contributed by atoms with Crippen LogP contribution in [0.1, 0.15) is 66.2 Å². The predicted octanol–water partition coefficient (Wildman–Crippen LogP) is 0.905. The average molecular weight is 1340 g/mol. The highest BCUT2D eigenvalue weighted by Crippen LogP contribution is 2.48. The normalized spacial score (nSPS) is 27.0. The van der Waals surface area contributed by atoms with Crippen LogP contribution in [0.15, 0.2) is 5.11 Å². The number of ether oxygens (including phenoxy) is 18. The number of nitrogens with one attached hydrogen (secondary N) is 5. The third kappa shape index (κ3) is 25.3. The Morgan fingerprint density at radius 1 is 0.500 bits per heavy atom. The number of amides is 5. The highest BCUT2D eigenvalue weighted by molar-refractivity contribution is 5.82. The summed E-state index contributed by atoms with van der Waals surface area (Å²) in [5.41, 5.74) is 6.11. The minimum absolute atomic E-state index is 0.0347. The van der Waals surface area contributed by atoms with Crippen LogP contribution in [-0.2, 0) is 109 Å². The maximum atomic E-state index is 13.0. The molecule has 0 saturated carbocycles.